The number of carbonyl (C=O) groups excluding carboxylic acids is 1. The van der Waals surface area contributed by atoms with E-state index in [0.717, 1.165) is 11.3 Å². The molecule has 0 saturated heterocycles. The van der Waals surface area contributed by atoms with Crippen LogP contribution in [0.4, 0.5) is 0 Å². The van der Waals surface area contributed by atoms with Crippen molar-refractivity contribution >= 4 is 17.2 Å². The van der Waals surface area contributed by atoms with Crippen molar-refractivity contribution in [1.82, 2.24) is 4.90 Å². The molecule has 1 aromatic carbocycles. The van der Waals surface area contributed by atoms with Gasteiger partial charge < -0.3 is 9.64 Å². The molecule has 2 aromatic rings. The molecule has 0 spiro atoms. The van der Waals surface area contributed by atoms with Crippen molar-refractivity contribution in [2.75, 3.05) is 7.05 Å². The lowest BCUT2D eigenvalue weighted by atomic mass is 10.1. The van der Waals surface area contributed by atoms with E-state index in [9.17, 15) is 4.79 Å². The summed E-state index contributed by atoms with van der Waals surface area (Å²) >= 11 is 1.73. The highest BCUT2D eigenvalue weighted by Crippen LogP contribution is 2.21. The van der Waals surface area contributed by atoms with Gasteiger partial charge in [-0.25, -0.2) is 0 Å². The SMILES string of the molecule is Cc1ccc(CN(C)C(=O)Cc2ccccc2OC(C)C)s1. The summed E-state index contributed by atoms with van der Waals surface area (Å²) in [4.78, 5) is 16.7. The second-order valence-corrected chi connectivity index (χ2v) is 7.09. The molecule has 0 atom stereocenters. The molecule has 118 valence electrons. The van der Waals surface area contributed by atoms with Crippen molar-refractivity contribution in [2.45, 2.75) is 39.8 Å². The zero-order valence-corrected chi connectivity index (χ0v) is 14.4. The van der Waals surface area contributed by atoms with Gasteiger partial charge >= 0.3 is 0 Å². The minimum atomic E-state index is 0.100. The number of hydrogen-bond donors (Lipinski definition) is 0. The Morgan fingerprint density at radius 2 is 1.95 bits per heavy atom. The average Bonchev–Trinajstić information content (AvgIpc) is 2.85. The fourth-order valence-electron chi connectivity index (χ4n) is 2.21. The zero-order chi connectivity index (χ0) is 16.1. The maximum absolute atomic E-state index is 12.4. The van der Waals surface area contributed by atoms with Crippen molar-refractivity contribution in [2.24, 2.45) is 0 Å². The third kappa shape index (κ3) is 4.60. The molecule has 2 rings (SSSR count). The summed E-state index contributed by atoms with van der Waals surface area (Å²) in [6.45, 7) is 6.72. The van der Waals surface area contributed by atoms with E-state index in [1.165, 1.54) is 9.75 Å². The summed E-state index contributed by atoms with van der Waals surface area (Å²) < 4.78 is 5.78. The highest BCUT2D eigenvalue weighted by molar-refractivity contribution is 7.11. The molecular formula is C18H23NO2S. The predicted molar refractivity (Wildman–Crippen MR) is 91.4 cm³/mol. The number of benzene rings is 1. The van der Waals surface area contributed by atoms with Gasteiger partial charge in [0.1, 0.15) is 5.75 Å². The quantitative estimate of drug-likeness (QED) is 0.804. The van der Waals surface area contributed by atoms with E-state index in [2.05, 4.69) is 19.1 Å². The van der Waals surface area contributed by atoms with Crippen molar-refractivity contribution < 1.29 is 9.53 Å². The average molecular weight is 317 g/mol. The number of thiophene rings is 1. The van der Waals surface area contributed by atoms with E-state index in [0.29, 0.717) is 13.0 Å². The molecule has 4 heteroatoms. The smallest absolute Gasteiger partial charge is 0.227 e. The van der Waals surface area contributed by atoms with Gasteiger partial charge in [0.2, 0.25) is 5.91 Å². The second kappa shape index (κ2) is 7.45. The highest BCUT2D eigenvalue weighted by Gasteiger charge is 2.14. The van der Waals surface area contributed by atoms with Gasteiger partial charge in [-0.3, -0.25) is 4.79 Å². The fraction of sp³-hybridized carbons (Fsp3) is 0.389. The maximum Gasteiger partial charge on any atom is 0.227 e. The van der Waals surface area contributed by atoms with Gasteiger partial charge in [0.15, 0.2) is 0 Å². The number of carbonyl (C=O) groups is 1. The maximum atomic E-state index is 12.4. The Hall–Kier alpha value is -1.81. The lowest BCUT2D eigenvalue weighted by Crippen LogP contribution is -2.27. The van der Waals surface area contributed by atoms with Crippen molar-refractivity contribution in [3.8, 4) is 5.75 Å². The van der Waals surface area contributed by atoms with Gasteiger partial charge in [0, 0.05) is 22.4 Å². The zero-order valence-electron chi connectivity index (χ0n) is 13.6. The molecule has 0 unspecified atom stereocenters. The van der Waals surface area contributed by atoms with E-state index < -0.39 is 0 Å². The van der Waals surface area contributed by atoms with Crippen LogP contribution in [0.5, 0.6) is 5.75 Å². The van der Waals surface area contributed by atoms with E-state index in [1.54, 1.807) is 16.2 Å². The molecule has 0 N–H and O–H groups in total. The molecule has 0 bridgehead atoms. The Kier molecular flexibility index (Phi) is 5.61. The van der Waals surface area contributed by atoms with Crippen LogP contribution in [0, 0.1) is 6.92 Å². The molecule has 3 nitrogen and oxygen atoms in total. The van der Waals surface area contributed by atoms with Crippen molar-refractivity contribution in [3.63, 3.8) is 0 Å². The Labute approximate surface area is 136 Å². The highest BCUT2D eigenvalue weighted by atomic mass is 32.1. The molecule has 0 fully saturated rings. The molecular weight excluding hydrogens is 294 g/mol. The van der Waals surface area contributed by atoms with Crippen LogP contribution in [0.2, 0.25) is 0 Å². The monoisotopic (exact) mass is 317 g/mol. The van der Waals surface area contributed by atoms with Gasteiger partial charge in [-0.05, 0) is 39.0 Å². The van der Waals surface area contributed by atoms with Crippen molar-refractivity contribution in [1.29, 1.82) is 0 Å². The number of hydrogen-bond acceptors (Lipinski definition) is 3. The van der Waals surface area contributed by atoms with Gasteiger partial charge in [-0.2, -0.15) is 0 Å². The number of rotatable bonds is 6. The van der Waals surface area contributed by atoms with Crippen molar-refractivity contribution in [3.05, 3.63) is 51.7 Å². The summed E-state index contributed by atoms with van der Waals surface area (Å²) in [6, 6.07) is 11.9. The summed E-state index contributed by atoms with van der Waals surface area (Å²) in [7, 11) is 1.85. The summed E-state index contributed by atoms with van der Waals surface area (Å²) in [6.07, 6.45) is 0.465. The number of ether oxygens (including phenoxy) is 1. The van der Waals surface area contributed by atoms with E-state index in [1.807, 2.05) is 45.2 Å². The van der Waals surface area contributed by atoms with Gasteiger partial charge in [-0.1, -0.05) is 18.2 Å². The first-order valence-electron chi connectivity index (χ1n) is 7.49. The minimum absolute atomic E-state index is 0.100. The van der Waals surface area contributed by atoms with Crippen LogP contribution in [-0.2, 0) is 17.8 Å². The summed E-state index contributed by atoms with van der Waals surface area (Å²) in [5, 5.41) is 0. The predicted octanol–water partition coefficient (Wildman–Crippen LogP) is 4.04. The molecule has 0 aliphatic carbocycles. The normalized spacial score (nSPS) is 10.8. The number of nitrogens with zero attached hydrogens (tertiary/aromatic N) is 1. The lowest BCUT2D eigenvalue weighted by Gasteiger charge is -2.18. The molecule has 0 radical (unpaired) electrons. The van der Waals surface area contributed by atoms with Crippen LogP contribution < -0.4 is 4.74 Å². The molecule has 1 aromatic heterocycles. The Bertz CT molecular complexity index is 634. The first-order valence-corrected chi connectivity index (χ1v) is 8.31. The van der Waals surface area contributed by atoms with Crippen LogP contribution in [-0.4, -0.2) is 24.0 Å². The van der Waals surface area contributed by atoms with Crippen LogP contribution in [0.3, 0.4) is 0 Å². The standard InChI is InChI=1S/C18H23NO2S/c1-13(2)21-17-8-6-5-7-15(17)11-18(20)19(4)12-16-10-9-14(3)22-16/h5-10,13H,11-12H2,1-4H3. The van der Waals surface area contributed by atoms with Gasteiger partial charge in [0.25, 0.3) is 0 Å². The van der Waals surface area contributed by atoms with Crippen LogP contribution in [0.25, 0.3) is 0 Å². The fourth-order valence-corrected chi connectivity index (χ4v) is 3.15. The largest absolute Gasteiger partial charge is 0.491 e. The molecule has 0 aliphatic rings. The number of amides is 1. The van der Waals surface area contributed by atoms with Crippen LogP contribution in [0.1, 0.15) is 29.2 Å². The Balaban J connectivity index is 2.02. The molecule has 22 heavy (non-hydrogen) atoms. The number of para-hydroxylation sites is 1. The molecule has 0 saturated carbocycles. The topological polar surface area (TPSA) is 29.5 Å². The minimum Gasteiger partial charge on any atom is -0.491 e. The summed E-state index contributed by atoms with van der Waals surface area (Å²) in [5.74, 6) is 0.900. The van der Waals surface area contributed by atoms with Gasteiger partial charge in [-0.15, -0.1) is 11.3 Å². The van der Waals surface area contributed by atoms with E-state index in [4.69, 9.17) is 4.74 Å². The third-order valence-corrected chi connectivity index (χ3v) is 4.28. The van der Waals surface area contributed by atoms with E-state index >= 15 is 0 Å². The Morgan fingerprint density at radius 3 is 2.59 bits per heavy atom. The lowest BCUT2D eigenvalue weighted by molar-refractivity contribution is -0.129. The Morgan fingerprint density at radius 1 is 1.23 bits per heavy atom. The van der Waals surface area contributed by atoms with Crippen LogP contribution in [0.15, 0.2) is 36.4 Å². The summed E-state index contributed by atoms with van der Waals surface area (Å²) in [5.41, 5.74) is 0.940. The number of aryl methyl sites for hydroxylation is 1. The third-order valence-electron chi connectivity index (χ3n) is 3.29. The molecule has 1 amide bonds. The van der Waals surface area contributed by atoms with E-state index in [-0.39, 0.29) is 12.0 Å². The first kappa shape index (κ1) is 16.6. The number of likely N-dealkylation sites (N-methyl/N-ethyl adjacent to an activating group) is 1. The second-order valence-electron chi connectivity index (χ2n) is 5.71. The molecule has 0 aliphatic heterocycles. The van der Waals surface area contributed by atoms with Gasteiger partial charge in [0.05, 0.1) is 19.1 Å². The molecule has 1 heterocycles. The van der Waals surface area contributed by atoms with Crippen LogP contribution >= 0.6 is 11.3 Å². The first-order chi connectivity index (χ1) is 10.5.